The van der Waals surface area contributed by atoms with Crippen LogP contribution in [-0.2, 0) is 4.79 Å². The number of carbonyl (C=O) groups is 1. The molecular formula is C12H16BrN3O. The van der Waals surface area contributed by atoms with Crippen LogP contribution < -0.4 is 5.32 Å². The van der Waals surface area contributed by atoms with Crippen LogP contribution in [0.4, 0.5) is 5.69 Å². The molecule has 0 aromatic carbocycles. The number of likely N-dealkylation sites (tertiary alicyclic amines) is 1. The third-order valence-corrected chi connectivity index (χ3v) is 3.82. The lowest BCUT2D eigenvalue weighted by molar-refractivity contribution is -0.127. The first-order valence-corrected chi connectivity index (χ1v) is 6.89. The largest absolute Gasteiger partial charge is 0.383 e. The number of anilines is 1. The number of hydrogen-bond donors (Lipinski definition) is 1. The Morgan fingerprint density at radius 2 is 2.24 bits per heavy atom. The third kappa shape index (κ3) is 3.43. The summed E-state index contributed by atoms with van der Waals surface area (Å²) in [7, 11) is 0. The Morgan fingerprint density at radius 3 is 2.88 bits per heavy atom. The van der Waals surface area contributed by atoms with Crippen LogP contribution in [0.1, 0.15) is 6.42 Å². The van der Waals surface area contributed by atoms with Crippen LogP contribution in [0.15, 0.2) is 24.5 Å². The molecule has 2 rings (SSSR count). The van der Waals surface area contributed by atoms with E-state index in [-0.39, 0.29) is 5.91 Å². The van der Waals surface area contributed by atoms with Crippen molar-refractivity contribution in [3.05, 3.63) is 24.5 Å². The fourth-order valence-corrected chi connectivity index (χ4v) is 2.41. The van der Waals surface area contributed by atoms with E-state index in [9.17, 15) is 4.79 Å². The van der Waals surface area contributed by atoms with Crippen LogP contribution in [0.25, 0.3) is 0 Å². The smallest absolute Gasteiger partial charge is 0.223 e. The highest BCUT2D eigenvalue weighted by molar-refractivity contribution is 9.09. The van der Waals surface area contributed by atoms with Crippen LogP contribution in [-0.4, -0.2) is 40.8 Å². The van der Waals surface area contributed by atoms with Gasteiger partial charge in [-0.25, -0.2) is 0 Å². The number of nitrogens with zero attached hydrogens (tertiary/aromatic N) is 2. The average molecular weight is 298 g/mol. The van der Waals surface area contributed by atoms with Crippen molar-refractivity contribution in [1.29, 1.82) is 0 Å². The van der Waals surface area contributed by atoms with E-state index in [1.807, 2.05) is 17.0 Å². The van der Waals surface area contributed by atoms with E-state index < -0.39 is 0 Å². The lowest BCUT2D eigenvalue weighted by Gasteiger charge is -2.16. The zero-order valence-corrected chi connectivity index (χ0v) is 11.2. The van der Waals surface area contributed by atoms with Gasteiger partial charge < -0.3 is 10.2 Å². The van der Waals surface area contributed by atoms with Gasteiger partial charge in [0.05, 0.1) is 0 Å². The topological polar surface area (TPSA) is 45.2 Å². The second-order valence-electron chi connectivity index (χ2n) is 4.23. The van der Waals surface area contributed by atoms with E-state index in [4.69, 9.17) is 0 Å². The van der Waals surface area contributed by atoms with Crippen molar-refractivity contribution in [2.45, 2.75) is 6.42 Å². The van der Waals surface area contributed by atoms with Gasteiger partial charge in [-0.3, -0.25) is 9.78 Å². The van der Waals surface area contributed by atoms with Crippen LogP contribution in [0.2, 0.25) is 0 Å². The van der Waals surface area contributed by atoms with Gasteiger partial charge >= 0.3 is 0 Å². The van der Waals surface area contributed by atoms with E-state index in [0.717, 1.165) is 30.7 Å². The summed E-state index contributed by atoms with van der Waals surface area (Å²) in [6, 6.07) is 3.85. The van der Waals surface area contributed by atoms with Gasteiger partial charge in [0.1, 0.15) is 0 Å². The van der Waals surface area contributed by atoms with Crippen LogP contribution in [0.5, 0.6) is 0 Å². The summed E-state index contributed by atoms with van der Waals surface area (Å²) >= 11 is 3.43. The number of aromatic nitrogens is 1. The number of alkyl halides is 1. The summed E-state index contributed by atoms with van der Waals surface area (Å²) in [5, 5.41) is 4.19. The SMILES string of the molecule is O=C1CC(CBr)CN1CCNc1ccncc1. The quantitative estimate of drug-likeness (QED) is 0.842. The maximum absolute atomic E-state index is 11.7. The molecule has 0 saturated carbocycles. The number of rotatable bonds is 5. The summed E-state index contributed by atoms with van der Waals surface area (Å²) in [6.07, 6.45) is 4.19. The van der Waals surface area contributed by atoms with Gasteiger partial charge in [-0.15, -0.1) is 0 Å². The molecule has 1 N–H and O–H groups in total. The molecular weight excluding hydrogens is 282 g/mol. The van der Waals surface area contributed by atoms with Crippen LogP contribution >= 0.6 is 15.9 Å². The Morgan fingerprint density at radius 1 is 1.47 bits per heavy atom. The second kappa shape index (κ2) is 6.00. The van der Waals surface area contributed by atoms with Crippen molar-refractivity contribution in [2.75, 3.05) is 30.3 Å². The van der Waals surface area contributed by atoms with Gasteiger partial charge in [-0.1, -0.05) is 15.9 Å². The maximum Gasteiger partial charge on any atom is 0.223 e. The molecule has 0 spiro atoms. The highest BCUT2D eigenvalue weighted by atomic mass is 79.9. The summed E-state index contributed by atoms with van der Waals surface area (Å²) in [5.74, 6) is 0.745. The van der Waals surface area contributed by atoms with Gasteiger partial charge in [0.15, 0.2) is 0 Å². The predicted molar refractivity (Wildman–Crippen MR) is 71.2 cm³/mol. The molecule has 1 aliphatic heterocycles. The molecule has 1 aliphatic rings. The molecule has 2 heterocycles. The summed E-state index contributed by atoms with van der Waals surface area (Å²) in [4.78, 5) is 17.5. The molecule has 1 fully saturated rings. The zero-order chi connectivity index (χ0) is 12.1. The maximum atomic E-state index is 11.7. The van der Waals surface area contributed by atoms with Crippen LogP contribution in [0.3, 0.4) is 0 Å². The molecule has 1 amide bonds. The molecule has 4 nitrogen and oxygen atoms in total. The molecule has 0 aliphatic carbocycles. The second-order valence-corrected chi connectivity index (χ2v) is 4.87. The summed E-state index contributed by atoms with van der Waals surface area (Å²) in [5.41, 5.74) is 1.05. The number of pyridine rings is 1. The predicted octanol–water partition coefficient (Wildman–Crippen LogP) is 1.74. The molecule has 0 bridgehead atoms. The van der Waals surface area contributed by atoms with Gasteiger partial charge in [-0.05, 0) is 18.1 Å². The minimum absolute atomic E-state index is 0.269. The first kappa shape index (κ1) is 12.4. The number of hydrogen-bond acceptors (Lipinski definition) is 3. The number of amides is 1. The van der Waals surface area contributed by atoms with Crippen molar-refractivity contribution < 1.29 is 4.79 Å². The molecule has 1 saturated heterocycles. The molecule has 1 unspecified atom stereocenters. The van der Waals surface area contributed by atoms with E-state index in [1.54, 1.807) is 12.4 Å². The number of halogens is 1. The standard InChI is InChI=1S/C12H16BrN3O/c13-8-10-7-12(17)16(9-10)6-5-15-11-1-3-14-4-2-11/h1-4,10H,5-9H2,(H,14,15). The van der Waals surface area contributed by atoms with E-state index >= 15 is 0 Å². The average Bonchev–Trinajstić information content (AvgIpc) is 2.72. The van der Waals surface area contributed by atoms with E-state index in [1.165, 1.54) is 0 Å². The third-order valence-electron chi connectivity index (χ3n) is 2.90. The van der Waals surface area contributed by atoms with Crippen molar-refractivity contribution in [1.82, 2.24) is 9.88 Å². The Labute approximate surface area is 110 Å². The first-order chi connectivity index (χ1) is 8.29. The van der Waals surface area contributed by atoms with Gasteiger partial charge in [-0.2, -0.15) is 0 Å². The summed E-state index contributed by atoms with van der Waals surface area (Å²) < 4.78 is 0. The Balaban J connectivity index is 1.74. The molecule has 1 aromatic rings. The van der Waals surface area contributed by atoms with Gasteiger partial charge in [0.25, 0.3) is 0 Å². The van der Waals surface area contributed by atoms with Gasteiger partial charge in [0.2, 0.25) is 5.91 Å². The fourth-order valence-electron chi connectivity index (χ4n) is 1.98. The monoisotopic (exact) mass is 297 g/mol. The Hall–Kier alpha value is -1.10. The van der Waals surface area contributed by atoms with Crippen molar-refractivity contribution >= 4 is 27.5 Å². The lowest BCUT2D eigenvalue weighted by Crippen LogP contribution is -2.30. The fraction of sp³-hybridized carbons (Fsp3) is 0.500. The molecule has 1 atom stereocenters. The van der Waals surface area contributed by atoms with Crippen LogP contribution in [0, 0.1) is 5.92 Å². The minimum atomic E-state index is 0.269. The first-order valence-electron chi connectivity index (χ1n) is 5.77. The molecule has 0 radical (unpaired) electrons. The van der Waals surface area contributed by atoms with Crippen molar-refractivity contribution in [3.63, 3.8) is 0 Å². The Bertz CT molecular complexity index is 371. The van der Waals surface area contributed by atoms with Crippen molar-refractivity contribution in [3.8, 4) is 0 Å². The molecule has 17 heavy (non-hydrogen) atoms. The van der Waals surface area contributed by atoms with Gasteiger partial charge in [0, 0.05) is 49.5 Å². The molecule has 5 heteroatoms. The number of carbonyl (C=O) groups excluding carboxylic acids is 1. The number of nitrogens with one attached hydrogen (secondary N) is 1. The summed E-state index contributed by atoms with van der Waals surface area (Å²) in [6.45, 7) is 2.43. The molecule has 92 valence electrons. The van der Waals surface area contributed by atoms with E-state index in [0.29, 0.717) is 12.3 Å². The minimum Gasteiger partial charge on any atom is -0.383 e. The van der Waals surface area contributed by atoms with Crippen molar-refractivity contribution in [2.24, 2.45) is 5.92 Å². The molecule has 1 aromatic heterocycles. The normalized spacial score (nSPS) is 19.7. The van der Waals surface area contributed by atoms with E-state index in [2.05, 4.69) is 26.2 Å². The zero-order valence-electron chi connectivity index (χ0n) is 9.60. The lowest BCUT2D eigenvalue weighted by atomic mass is 10.2. The highest BCUT2D eigenvalue weighted by Crippen LogP contribution is 2.19. The Kier molecular flexibility index (Phi) is 4.36. The highest BCUT2D eigenvalue weighted by Gasteiger charge is 2.27.